The summed E-state index contributed by atoms with van der Waals surface area (Å²) in [6.45, 7) is 1.80. The molecule has 0 bridgehead atoms. The molecule has 0 amide bonds. The minimum Gasteiger partial charge on any atom is -0.508 e. The van der Waals surface area contributed by atoms with Gasteiger partial charge in [0.2, 0.25) is 0 Å². The lowest BCUT2D eigenvalue weighted by molar-refractivity contribution is -0.137. The summed E-state index contributed by atoms with van der Waals surface area (Å²) in [5.41, 5.74) is -1.77. The van der Waals surface area contributed by atoms with E-state index < -0.39 is 34.0 Å². The summed E-state index contributed by atoms with van der Waals surface area (Å²) in [4.78, 5) is 11.5. The minimum absolute atomic E-state index is 0.0617. The molecule has 18 heavy (non-hydrogen) atoms. The summed E-state index contributed by atoms with van der Waals surface area (Å²) in [5, 5.41) is 8.41. The molecule has 7 heteroatoms. The number of esters is 1. The molecule has 0 aromatic heterocycles. The number of benzene rings is 1. The van der Waals surface area contributed by atoms with Crippen molar-refractivity contribution in [1.82, 2.24) is 0 Å². The van der Waals surface area contributed by atoms with Gasteiger partial charge < -0.3 is 9.84 Å². The second kappa shape index (κ2) is 5.48. The van der Waals surface area contributed by atoms with E-state index in [4.69, 9.17) is 11.6 Å². The Hall–Kier alpha value is -1.43. The second-order valence-electron chi connectivity index (χ2n) is 3.49. The lowest BCUT2D eigenvalue weighted by Crippen LogP contribution is -2.12. The summed E-state index contributed by atoms with van der Waals surface area (Å²) >= 11 is 5.51. The van der Waals surface area contributed by atoms with Gasteiger partial charge in [0.05, 0.1) is 22.8 Å². The van der Waals surface area contributed by atoms with Gasteiger partial charge in [-0.2, -0.15) is 13.2 Å². The number of rotatable bonds is 3. The maximum Gasteiger partial charge on any atom is 0.418 e. The fourth-order valence-corrected chi connectivity index (χ4v) is 1.53. The molecule has 1 aromatic rings. The molecule has 0 aliphatic carbocycles. The average Bonchev–Trinajstić information content (AvgIpc) is 2.27. The third-order valence-electron chi connectivity index (χ3n) is 2.02. The van der Waals surface area contributed by atoms with Crippen LogP contribution in [0.4, 0.5) is 13.2 Å². The van der Waals surface area contributed by atoms with Gasteiger partial charge in [0.15, 0.2) is 0 Å². The lowest BCUT2D eigenvalue weighted by atomic mass is 10.1. The zero-order chi connectivity index (χ0) is 13.9. The van der Waals surface area contributed by atoms with E-state index in [0.29, 0.717) is 12.5 Å². The van der Waals surface area contributed by atoms with Gasteiger partial charge in [-0.3, -0.25) is 0 Å². The van der Waals surface area contributed by atoms with Crippen LogP contribution in [0.15, 0.2) is 12.1 Å². The molecule has 3 nitrogen and oxygen atoms in total. The van der Waals surface area contributed by atoms with E-state index in [1.807, 2.05) is 0 Å². The molecule has 0 heterocycles. The van der Waals surface area contributed by atoms with E-state index >= 15 is 0 Å². The smallest absolute Gasteiger partial charge is 0.418 e. The number of phenolic OH excluding ortho intramolecular Hbond substituents is 1. The standard InChI is InChI=1S/C11H10ClF3O3/c1-2-3-18-10(17)7-4-6(16)5-8(9(7)12)11(13,14)15/h4-5,16H,2-3H2,1H3. The molecular weight excluding hydrogens is 273 g/mol. The molecule has 0 fully saturated rings. The van der Waals surface area contributed by atoms with Gasteiger partial charge in [-0.1, -0.05) is 18.5 Å². The number of alkyl halides is 3. The molecule has 0 atom stereocenters. The van der Waals surface area contributed by atoms with Gasteiger partial charge in [-0.15, -0.1) is 0 Å². The van der Waals surface area contributed by atoms with Gasteiger partial charge in [-0.25, -0.2) is 4.79 Å². The molecule has 0 saturated heterocycles. The highest BCUT2D eigenvalue weighted by Gasteiger charge is 2.36. The van der Waals surface area contributed by atoms with Gasteiger partial charge in [0.1, 0.15) is 5.75 Å². The average molecular weight is 283 g/mol. The Morgan fingerprint density at radius 2 is 2.06 bits per heavy atom. The fraction of sp³-hybridized carbons (Fsp3) is 0.364. The lowest BCUT2D eigenvalue weighted by Gasteiger charge is -2.12. The fourth-order valence-electron chi connectivity index (χ4n) is 1.24. The molecule has 1 rings (SSSR count). The Balaban J connectivity index is 3.21. The first-order valence-corrected chi connectivity index (χ1v) is 5.42. The van der Waals surface area contributed by atoms with Gasteiger partial charge in [0, 0.05) is 0 Å². The number of carbonyl (C=O) groups excluding carboxylic acids is 1. The number of hydrogen-bond acceptors (Lipinski definition) is 3. The molecule has 1 N–H and O–H groups in total. The van der Waals surface area contributed by atoms with E-state index in [1.165, 1.54) is 0 Å². The monoisotopic (exact) mass is 282 g/mol. The topological polar surface area (TPSA) is 46.5 Å². The van der Waals surface area contributed by atoms with Crippen LogP contribution in [0.25, 0.3) is 0 Å². The van der Waals surface area contributed by atoms with Crippen LogP contribution in [0.3, 0.4) is 0 Å². The van der Waals surface area contributed by atoms with Gasteiger partial charge in [-0.05, 0) is 18.6 Å². The third-order valence-corrected chi connectivity index (χ3v) is 2.43. The second-order valence-corrected chi connectivity index (χ2v) is 3.87. The van der Waals surface area contributed by atoms with Crippen LogP contribution in [0.2, 0.25) is 5.02 Å². The predicted molar refractivity (Wildman–Crippen MR) is 58.7 cm³/mol. The summed E-state index contributed by atoms with van der Waals surface area (Å²) < 4.78 is 42.4. The molecular formula is C11H10ClF3O3. The third kappa shape index (κ3) is 3.29. The van der Waals surface area contributed by atoms with Crippen molar-refractivity contribution in [3.05, 3.63) is 28.3 Å². The van der Waals surface area contributed by atoms with Crippen molar-refractivity contribution in [2.45, 2.75) is 19.5 Å². The number of phenols is 1. The first-order valence-electron chi connectivity index (χ1n) is 5.04. The molecule has 0 unspecified atom stereocenters. The van der Waals surface area contributed by atoms with Crippen LogP contribution in [0.1, 0.15) is 29.3 Å². The highest BCUT2D eigenvalue weighted by molar-refractivity contribution is 6.34. The largest absolute Gasteiger partial charge is 0.508 e. The van der Waals surface area contributed by atoms with Crippen LogP contribution >= 0.6 is 11.6 Å². The molecule has 0 aliphatic heterocycles. The molecule has 0 saturated carbocycles. The SMILES string of the molecule is CCCOC(=O)c1cc(O)cc(C(F)(F)F)c1Cl. The molecule has 0 aliphatic rings. The highest BCUT2D eigenvalue weighted by Crippen LogP contribution is 2.38. The summed E-state index contributed by atoms with van der Waals surface area (Å²) in [7, 11) is 0. The predicted octanol–water partition coefficient (Wildman–Crippen LogP) is 3.63. The number of halogens is 4. The molecule has 0 spiro atoms. The Bertz CT molecular complexity index is 458. The number of hydrogen-bond donors (Lipinski definition) is 1. The molecule has 0 radical (unpaired) electrons. The van der Waals surface area contributed by atoms with Crippen LogP contribution in [0.5, 0.6) is 5.75 Å². The molecule has 100 valence electrons. The van der Waals surface area contributed by atoms with Crippen molar-refractivity contribution in [1.29, 1.82) is 0 Å². The van der Waals surface area contributed by atoms with Crippen LogP contribution in [-0.4, -0.2) is 17.7 Å². The van der Waals surface area contributed by atoms with Crippen molar-refractivity contribution in [3.63, 3.8) is 0 Å². The summed E-state index contributed by atoms with van der Waals surface area (Å²) in [5.74, 6) is -1.70. The van der Waals surface area contributed by atoms with Crippen molar-refractivity contribution in [2.75, 3.05) is 6.61 Å². The van der Waals surface area contributed by atoms with Gasteiger partial charge in [0.25, 0.3) is 0 Å². The number of carbonyl (C=O) groups is 1. The Kier molecular flexibility index (Phi) is 4.45. The zero-order valence-electron chi connectivity index (χ0n) is 9.34. The Morgan fingerprint density at radius 1 is 1.44 bits per heavy atom. The summed E-state index contributed by atoms with van der Waals surface area (Å²) in [6.07, 6.45) is -4.23. The van der Waals surface area contributed by atoms with Crippen LogP contribution < -0.4 is 0 Å². The van der Waals surface area contributed by atoms with E-state index in [1.54, 1.807) is 6.92 Å². The maximum absolute atomic E-state index is 12.6. The number of ether oxygens (including phenoxy) is 1. The van der Waals surface area contributed by atoms with Gasteiger partial charge >= 0.3 is 12.1 Å². The van der Waals surface area contributed by atoms with Crippen molar-refractivity contribution in [2.24, 2.45) is 0 Å². The maximum atomic E-state index is 12.6. The quantitative estimate of drug-likeness (QED) is 0.861. The van der Waals surface area contributed by atoms with Crippen LogP contribution in [0, 0.1) is 0 Å². The van der Waals surface area contributed by atoms with Crippen LogP contribution in [-0.2, 0) is 10.9 Å². The highest BCUT2D eigenvalue weighted by atomic mass is 35.5. The van der Waals surface area contributed by atoms with E-state index in [-0.39, 0.29) is 6.61 Å². The minimum atomic E-state index is -4.75. The van der Waals surface area contributed by atoms with E-state index in [9.17, 15) is 23.1 Å². The zero-order valence-corrected chi connectivity index (χ0v) is 10.1. The van der Waals surface area contributed by atoms with Crippen molar-refractivity contribution < 1.29 is 27.8 Å². The van der Waals surface area contributed by atoms with Crippen molar-refractivity contribution in [3.8, 4) is 5.75 Å². The Labute approximate surface area is 106 Å². The number of aromatic hydroxyl groups is 1. The normalized spacial score (nSPS) is 11.4. The first-order chi connectivity index (χ1) is 8.27. The van der Waals surface area contributed by atoms with E-state index in [2.05, 4.69) is 4.74 Å². The molecule has 1 aromatic carbocycles. The Morgan fingerprint density at radius 3 is 2.56 bits per heavy atom. The first kappa shape index (κ1) is 14.6. The summed E-state index contributed by atoms with van der Waals surface area (Å²) in [6, 6.07) is 1.30. The van der Waals surface area contributed by atoms with E-state index in [0.717, 1.165) is 6.07 Å². The van der Waals surface area contributed by atoms with Crippen molar-refractivity contribution >= 4 is 17.6 Å².